The molecule has 0 spiro atoms. The minimum atomic E-state index is -0.228. The number of carbonyl (C=O) groups excluding carboxylic acids is 1. The van der Waals surface area contributed by atoms with Crippen LogP contribution in [0.1, 0.15) is 10.4 Å². The Bertz CT molecular complexity index is 816. The molecule has 0 radical (unpaired) electrons. The van der Waals surface area contributed by atoms with Crippen molar-refractivity contribution in [2.45, 2.75) is 6.42 Å². The van der Waals surface area contributed by atoms with Gasteiger partial charge in [-0.15, -0.1) is 11.3 Å². The molecule has 0 saturated heterocycles. The average Bonchev–Trinajstić information content (AvgIpc) is 3.08. The lowest BCUT2D eigenvalue weighted by molar-refractivity contribution is -0.118. The van der Waals surface area contributed by atoms with Crippen LogP contribution in [0.4, 0.5) is 5.13 Å². The van der Waals surface area contributed by atoms with Crippen molar-refractivity contribution >= 4 is 22.4 Å². The third-order valence-electron chi connectivity index (χ3n) is 3.45. The Hall–Kier alpha value is -2.86. The van der Waals surface area contributed by atoms with Crippen molar-refractivity contribution < 1.29 is 14.3 Å². The van der Waals surface area contributed by atoms with Crippen LogP contribution in [0, 0.1) is 0 Å². The van der Waals surface area contributed by atoms with Gasteiger partial charge in [0.2, 0.25) is 0 Å². The number of methoxy groups -OCH3 is 1. The third kappa shape index (κ3) is 5.06. The Morgan fingerprint density at radius 1 is 1.08 bits per heavy atom. The Labute approximate surface area is 150 Å². The second-order valence-corrected chi connectivity index (χ2v) is 6.42. The summed E-state index contributed by atoms with van der Waals surface area (Å²) in [6.45, 7) is -0.0442. The number of hydrogen-bond acceptors (Lipinski definition) is 5. The highest BCUT2D eigenvalue weighted by atomic mass is 32.1. The van der Waals surface area contributed by atoms with Crippen LogP contribution in [0.15, 0.2) is 60.8 Å². The van der Waals surface area contributed by atoms with Crippen LogP contribution in [-0.2, 0) is 11.2 Å². The summed E-state index contributed by atoms with van der Waals surface area (Å²) in [6, 6.07) is 17.1. The average molecular weight is 354 g/mol. The molecule has 0 atom stereocenters. The van der Waals surface area contributed by atoms with Crippen LogP contribution in [0.2, 0.25) is 0 Å². The molecule has 0 fully saturated rings. The number of nitrogens with one attached hydrogen (secondary N) is 1. The third-order valence-corrected chi connectivity index (χ3v) is 4.36. The number of thiazole rings is 1. The Morgan fingerprint density at radius 3 is 2.56 bits per heavy atom. The molecular weight excluding hydrogens is 336 g/mol. The second kappa shape index (κ2) is 8.30. The first-order valence-electron chi connectivity index (χ1n) is 7.78. The molecule has 2 aromatic carbocycles. The van der Waals surface area contributed by atoms with Crippen LogP contribution in [0.5, 0.6) is 11.5 Å². The van der Waals surface area contributed by atoms with Gasteiger partial charge in [-0.05, 0) is 29.8 Å². The maximum atomic E-state index is 11.9. The first-order valence-corrected chi connectivity index (χ1v) is 8.60. The van der Waals surface area contributed by atoms with E-state index in [-0.39, 0.29) is 12.5 Å². The van der Waals surface area contributed by atoms with Gasteiger partial charge in [-0.2, -0.15) is 0 Å². The minimum absolute atomic E-state index is 0.0442. The Kier molecular flexibility index (Phi) is 5.64. The number of anilines is 1. The number of carbonyl (C=O) groups is 1. The number of amides is 1. The first-order chi connectivity index (χ1) is 12.2. The van der Waals surface area contributed by atoms with Gasteiger partial charge in [0.15, 0.2) is 11.7 Å². The highest BCUT2D eigenvalue weighted by molar-refractivity contribution is 7.15. The van der Waals surface area contributed by atoms with Gasteiger partial charge in [-0.25, -0.2) is 4.98 Å². The number of rotatable bonds is 7. The van der Waals surface area contributed by atoms with Crippen molar-refractivity contribution in [1.82, 2.24) is 4.98 Å². The number of benzene rings is 2. The summed E-state index contributed by atoms with van der Waals surface area (Å²) >= 11 is 1.46. The minimum Gasteiger partial charge on any atom is -0.497 e. The molecule has 0 bridgehead atoms. The maximum absolute atomic E-state index is 11.9. The molecule has 128 valence electrons. The summed E-state index contributed by atoms with van der Waals surface area (Å²) in [6.07, 6.45) is 2.54. The van der Waals surface area contributed by atoms with E-state index in [1.54, 1.807) is 13.3 Å². The molecule has 0 unspecified atom stereocenters. The fourth-order valence-electron chi connectivity index (χ4n) is 2.21. The smallest absolute Gasteiger partial charge is 0.264 e. The summed E-state index contributed by atoms with van der Waals surface area (Å²) in [5, 5.41) is 3.33. The summed E-state index contributed by atoms with van der Waals surface area (Å²) in [7, 11) is 1.65. The molecule has 6 heteroatoms. The van der Waals surface area contributed by atoms with E-state index in [4.69, 9.17) is 9.47 Å². The van der Waals surface area contributed by atoms with Crippen molar-refractivity contribution in [3.05, 3.63) is 71.2 Å². The predicted octanol–water partition coefficient (Wildman–Crippen LogP) is 3.76. The van der Waals surface area contributed by atoms with E-state index >= 15 is 0 Å². The molecule has 3 aromatic rings. The van der Waals surface area contributed by atoms with Crippen LogP contribution in [-0.4, -0.2) is 24.6 Å². The molecule has 3 rings (SSSR count). The predicted molar refractivity (Wildman–Crippen MR) is 98.5 cm³/mol. The van der Waals surface area contributed by atoms with E-state index in [0.29, 0.717) is 10.9 Å². The van der Waals surface area contributed by atoms with Crippen molar-refractivity contribution in [2.75, 3.05) is 19.0 Å². The van der Waals surface area contributed by atoms with Crippen LogP contribution >= 0.6 is 11.3 Å². The van der Waals surface area contributed by atoms with E-state index in [2.05, 4.69) is 10.3 Å². The normalized spacial score (nSPS) is 10.3. The van der Waals surface area contributed by atoms with Crippen molar-refractivity contribution in [1.29, 1.82) is 0 Å². The van der Waals surface area contributed by atoms with Gasteiger partial charge in [0.1, 0.15) is 11.5 Å². The molecule has 0 aliphatic heterocycles. The van der Waals surface area contributed by atoms with E-state index in [1.165, 1.54) is 11.3 Å². The quantitative estimate of drug-likeness (QED) is 0.702. The zero-order valence-electron chi connectivity index (χ0n) is 13.8. The van der Waals surface area contributed by atoms with Gasteiger partial charge in [0, 0.05) is 17.5 Å². The lowest BCUT2D eigenvalue weighted by Crippen LogP contribution is -2.19. The van der Waals surface area contributed by atoms with Crippen LogP contribution < -0.4 is 14.8 Å². The van der Waals surface area contributed by atoms with Gasteiger partial charge >= 0.3 is 0 Å². The standard InChI is InChI=1S/C19H18N2O3S/c1-23-15-9-7-14(8-10-15)11-17-12-20-19(25-17)21-18(22)13-24-16-5-3-2-4-6-16/h2-10,12H,11,13H2,1H3,(H,20,21,22). The summed E-state index contributed by atoms with van der Waals surface area (Å²) < 4.78 is 10.6. The summed E-state index contributed by atoms with van der Waals surface area (Å²) in [5.74, 6) is 1.27. The zero-order chi connectivity index (χ0) is 17.5. The van der Waals surface area contributed by atoms with E-state index in [1.807, 2.05) is 54.6 Å². The fraction of sp³-hybridized carbons (Fsp3) is 0.158. The summed E-state index contributed by atoms with van der Waals surface area (Å²) in [4.78, 5) is 17.3. The lowest BCUT2D eigenvalue weighted by atomic mass is 10.1. The molecule has 25 heavy (non-hydrogen) atoms. The summed E-state index contributed by atoms with van der Waals surface area (Å²) in [5.41, 5.74) is 1.16. The first kappa shape index (κ1) is 17.0. The van der Waals surface area contributed by atoms with Gasteiger partial charge in [-0.3, -0.25) is 10.1 Å². The molecule has 0 saturated carbocycles. The van der Waals surface area contributed by atoms with Crippen molar-refractivity contribution in [3.8, 4) is 11.5 Å². The molecule has 0 aliphatic rings. The maximum Gasteiger partial charge on any atom is 0.264 e. The Balaban J connectivity index is 1.51. The number of aromatic nitrogens is 1. The molecule has 1 N–H and O–H groups in total. The zero-order valence-corrected chi connectivity index (χ0v) is 14.6. The lowest BCUT2D eigenvalue weighted by Gasteiger charge is -2.05. The fourth-order valence-corrected chi connectivity index (χ4v) is 3.08. The molecule has 1 heterocycles. The molecule has 5 nitrogen and oxygen atoms in total. The van der Waals surface area contributed by atoms with Gasteiger partial charge in [-0.1, -0.05) is 30.3 Å². The SMILES string of the molecule is COc1ccc(Cc2cnc(NC(=O)COc3ccccc3)s2)cc1. The number of hydrogen-bond donors (Lipinski definition) is 1. The van der Waals surface area contributed by atoms with Crippen LogP contribution in [0.25, 0.3) is 0 Å². The number of ether oxygens (including phenoxy) is 2. The molecule has 1 amide bonds. The van der Waals surface area contributed by atoms with Crippen LogP contribution in [0.3, 0.4) is 0 Å². The number of para-hydroxylation sites is 1. The van der Waals surface area contributed by atoms with E-state index in [9.17, 15) is 4.79 Å². The highest BCUT2D eigenvalue weighted by Crippen LogP contribution is 2.22. The van der Waals surface area contributed by atoms with Crippen molar-refractivity contribution in [2.24, 2.45) is 0 Å². The monoisotopic (exact) mass is 354 g/mol. The van der Waals surface area contributed by atoms with Crippen molar-refractivity contribution in [3.63, 3.8) is 0 Å². The van der Waals surface area contributed by atoms with E-state index in [0.717, 1.165) is 22.6 Å². The Morgan fingerprint density at radius 2 is 1.84 bits per heavy atom. The highest BCUT2D eigenvalue weighted by Gasteiger charge is 2.08. The largest absolute Gasteiger partial charge is 0.497 e. The second-order valence-electron chi connectivity index (χ2n) is 5.31. The van der Waals surface area contributed by atoms with Gasteiger partial charge in [0.05, 0.1) is 7.11 Å². The van der Waals surface area contributed by atoms with Gasteiger partial charge < -0.3 is 9.47 Å². The molecule has 0 aliphatic carbocycles. The number of nitrogens with zero attached hydrogens (tertiary/aromatic N) is 1. The molecule has 1 aromatic heterocycles. The topological polar surface area (TPSA) is 60.5 Å². The van der Waals surface area contributed by atoms with Gasteiger partial charge in [0.25, 0.3) is 5.91 Å². The molecular formula is C19H18N2O3S. The van der Waals surface area contributed by atoms with E-state index < -0.39 is 0 Å².